The summed E-state index contributed by atoms with van der Waals surface area (Å²) in [5.41, 5.74) is 6.35. The monoisotopic (exact) mass is 838 g/mol. The lowest BCUT2D eigenvalue weighted by molar-refractivity contribution is 0.181. The van der Waals surface area contributed by atoms with Gasteiger partial charge in [-0.1, -0.05) is 55.0 Å². The number of ether oxygens (including phenoxy) is 2. The smallest absolute Gasteiger partial charge is 0.324 e. The molecule has 62 heavy (non-hydrogen) atoms. The second-order valence-electron chi connectivity index (χ2n) is 15.9. The fraction of sp³-hybridized carbons (Fsp3) is 0.347. The van der Waals surface area contributed by atoms with Crippen molar-refractivity contribution in [1.82, 2.24) is 29.9 Å². The summed E-state index contributed by atoms with van der Waals surface area (Å²) in [6.07, 6.45) is 11.1. The van der Waals surface area contributed by atoms with E-state index in [0.29, 0.717) is 35.3 Å². The van der Waals surface area contributed by atoms with Crippen LogP contribution in [0.2, 0.25) is 0 Å². The predicted octanol–water partition coefficient (Wildman–Crippen LogP) is 11.0. The van der Waals surface area contributed by atoms with Gasteiger partial charge in [0.15, 0.2) is 0 Å². The molecule has 2 aromatic carbocycles. The summed E-state index contributed by atoms with van der Waals surface area (Å²) in [4.78, 5) is 41.4. The first-order valence-corrected chi connectivity index (χ1v) is 21.0. The van der Waals surface area contributed by atoms with E-state index in [1.165, 1.54) is 11.1 Å². The van der Waals surface area contributed by atoms with Crippen LogP contribution < -0.4 is 20.1 Å². The Morgan fingerprint density at radius 1 is 0.645 bits per heavy atom. The van der Waals surface area contributed by atoms with Crippen LogP contribution >= 0.6 is 0 Å². The lowest BCUT2D eigenvalue weighted by Crippen LogP contribution is -2.41. The number of urea groups is 2. The molecule has 2 fully saturated rings. The minimum Gasteiger partial charge on any atom is -0.439 e. The maximum atomic E-state index is 12.5. The van der Waals surface area contributed by atoms with Crippen molar-refractivity contribution in [2.24, 2.45) is 11.8 Å². The molecule has 0 unspecified atom stereocenters. The Labute approximate surface area is 364 Å². The number of hydrogen-bond acceptors (Lipinski definition) is 9. The van der Waals surface area contributed by atoms with E-state index in [2.05, 4.69) is 55.0 Å². The Balaban J connectivity index is 0.000000204. The maximum absolute atomic E-state index is 12.5. The molecular formula is C49H58N8O5. The normalized spacial score (nSPS) is 14.2. The number of nitrogens with zero attached hydrogens (tertiary/aromatic N) is 6. The van der Waals surface area contributed by atoms with Gasteiger partial charge < -0.3 is 23.8 Å². The van der Waals surface area contributed by atoms with Crippen LogP contribution in [0.1, 0.15) is 66.6 Å². The van der Waals surface area contributed by atoms with Crippen LogP contribution in [0.3, 0.4) is 0 Å². The molecule has 2 saturated heterocycles. The number of anilines is 2. The molecule has 13 nitrogen and oxygen atoms in total. The summed E-state index contributed by atoms with van der Waals surface area (Å²) in [6.45, 7) is 10.7. The van der Waals surface area contributed by atoms with Crippen LogP contribution in [0.4, 0.5) is 21.3 Å². The number of pyridine rings is 3. The topological polar surface area (TPSA) is 148 Å². The molecular weight excluding hydrogens is 781 g/mol. The highest BCUT2D eigenvalue weighted by Crippen LogP contribution is 2.28. The predicted molar refractivity (Wildman–Crippen MR) is 242 cm³/mol. The van der Waals surface area contributed by atoms with Crippen molar-refractivity contribution in [3.63, 3.8) is 0 Å². The second-order valence-corrected chi connectivity index (χ2v) is 15.9. The van der Waals surface area contributed by atoms with Gasteiger partial charge in [-0.2, -0.15) is 0 Å². The standard InChI is InChI=1S/C24H28N4O3.C24H26N4O2.CH4/c1-16-7-8-22(25-15-16)30-21-6-4-5-20(14-21)13-19-9-11-28(12-10-19)24(29)26-23-17(2)18(3)27-31-23;1-18-8-9-23(26-17-18)30-21-6-4-5-20(16-21)15-19-10-13-28(14-11-19)24(29)27-22-7-2-3-12-25-22;/h4-8,14-15,19H,9-13H2,1-3H3,(H,26,29);2-9,12,16-17,19H,10-11,13-15H2,1H3,(H,25,27,29);1H4. The van der Waals surface area contributed by atoms with Gasteiger partial charge >= 0.3 is 12.1 Å². The number of aryl methyl sites for hydroxylation is 3. The van der Waals surface area contributed by atoms with Crippen LogP contribution in [0.15, 0.2) is 114 Å². The first-order chi connectivity index (χ1) is 29.6. The Kier molecular flexibility index (Phi) is 15.6. The number of nitrogens with one attached hydrogen (secondary N) is 2. The number of hydrogen-bond donors (Lipinski definition) is 2. The summed E-state index contributed by atoms with van der Waals surface area (Å²) in [7, 11) is 0. The van der Waals surface area contributed by atoms with Crippen molar-refractivity contribution in [2.45, 2.75) is 73.6 Å². The van der Waals surface area contributed by atoms with Crippen molar-refractivity contribution in [3.05, 3.63) is 143 Å². The lowest BCUT2D eigenvalue weighted by Gasteiger charge is -2.32. The van der Waals surface area contributed by atoms with Gasteiger partial charge in [0, 0.05) is 62.5 Å². The van der Waals surface area contributed by atoms with Gasteiger partial charge in [0.05, 0.1) is 5.69 Å². The highest BCUT2D eigenvalue weighted by atomic mass is 16.5. The summed E-state index contributed by atoms with van der Waals surface area (Å²) in [5.74, 6) is 4.90. The zero-order chi connectivity index (χ0) is 42.6. The molecule has 6 aromatic rings. The molecule has 0 radical (unpaired) electrons. The maximum Gasteiger partial charge on any atom is 0.324 e. The quantitative estimate of drug-likeness (QED) is 0.137. The van der Waals surface area contributed by atoms with Crippen molar-refractivity contribution < 1.29 is 23.6 Å². The minimum atomic E-state index is -0.126. The van der Waals surface area contributed by atoms with Crippen molar-refractivity contribution in [2.75, 3.05) is 36.8 Å². The number of benzene rings is 2. The van der Waals surface area contributed by atoms with Gasteiger partial charge in [-0.15, -0.1) is 0 Å². The van der Waals surface area contributed by atoms with Crippen molar-refractivity contribution in [3.8, 4) is 23.3 Å². The van der Waals surface area contributed by atoms with Crippen LogP contribution in [0, 0.1) is 39.5 Å². The van der Waals surface area contributed by atoms with E-state index < -0.39 is 0 Å². The third-order valence-corrected chi connectivity index (χ3v) is 11.1. The number of rotatable bonds is 10. The largest absolute Gasteiger partial charge is 0.439 e. The number of piperidine rings is 2. The Bertz CT molecular complexity index is 2340. The number of likely N-dealkylation sites (tertiary alicyclic amines) is 2. The van der Waals surface area contributed by atoms with E-state index in [1.807, 2.05) is 98.2 Å². The molecule has 2 aliphatic heterocycles. The first-order valence-electron chi connectivity index (χ1n) is 21.0. The van der Waals surface area contributed by atoms with Gasteiger partial charge in [-0.3, -0.25) is 10.6 Å². The molecule has 0 atom stereocenters. The molecule has 0 bridgehead atoms. The molecule has 6 heterocycles. The SMILES string of the molecule is C.Cc1ccc(Oc2cccc(CC3CCN(C(=O)Nc4ccccn4)CC3)c2)nc1.Cc1ccc(Oc2cccc(CC3CCN(C(=O)Nc4onc(C)c4C)CC3)c2)nc1. The number of carbonyl (C=O) groups excluding carboxylic acids is 2. The Hall–Kier alpha value is -6.76. The van der Waals surface area contributed by atoms with E-state index in [-0.39, 0.29) is 19.5 Å². The fourth-order valence-corrected chi connectivity index (χ4v) is 7.42. The van der Waals surface area contributed by atoms with E-state index >= 15 is 0 Å². The highest BCUT2D eigenvalue weighted by Gasteiger charge is 2.25. The van der Waals surface area contributed by atoms with E-state index in [4.69, 9.17) is 14.0 Å². The third-order valence-electron chi connectivity index (χ3n) is 11.1. The highest BCUT2D eigenvalue weighted by molar-refractivity contribution is 5.89. The molecule has 0 spiro atoms. The minimum absolute atomic E-state index is 0. The Morgan fingerprint density at radius 2 is 1.16 bits per heavy atom. The second kappa shape index (κ2) is 21.7. The molecule has 0 saturated carbocycles. The molecule has 324 valence electrons. The summed E-state index contributed by atoms with van der Waals surface area (Å²) in [6, 6.07) is 29.4. The average Bonchev–Trinajstić information content (AvgIpc) is 3.59. The molecule has 4 aromatic heterocycles. The summed E-state index contributed by atoms with van der Waals surface area (Å²) >= 11 is 0. The van der Waals surface area contributed by atoms with Crippen molar-refractivity contribution in [1.29, 1.82) is 0 Å². The summed E-state index contributed by atoms with van der Waals surface area (Å²) in [5, 5.41) is 9.59. The zero-order valence-corrected chi connectivity index (χ0v) is 35.3. The van der Waals surface area contributed by atoms with Gasteiger partial charge in [-0.25, -0.2) is 24.5 Å². The van der Waals surface area contributed by atoms with E-state index in [1.54, 1.807) is 24.7 Å². The fourth-order valence-electron chi connectivity index (χ4n) is 7.42. The van der Waals surface area contributed by atoms with Crippen LogP contribution in [-0.2, 0) is 12.8 Å². The lowest BCUT2D eigenvalue weighted by atomic mass is 9.90. The van der Waals surface area contributed by atoms with Gasteiger partial charge in [0.2, 0.25) is 17.6 Å². The van der Waals surface area contributed by atoms with Crippen LogP contribution in [0.5, 0.6) is 23.3 Å². The molecule has 2 N–H and O–H groups in total. The van der Waals surface area contributed by atoms with Crippen LogP contribution in [0.25, 0.3) is 0 Å². The van der Waals surface area contributed by atoms with Gasteiger partial charge in [0.25, 0.3) is 0 Å². The summed E-state index contributed by atoms with van der Waals surface area (Å²) < 4.78 is 17.0. The van der Waals surface area contributed by atoms with Crippen LogP contribution in [-0.4, -0.2) is 68.1 Å². The van der Waals surface area contributed by atoms with Gasteiger partial charge in [0.1, 0.15) is 17.3 Å². The number of amides is 4. The molecule has 13 heteroatoms. The van der Waals surface area contributed by atoms with E-state index in [0.717, 1.165) is 98.6 Å². The molecule has 4 amide bonds. The third kappa shape index (κ3) is 12.9. The molecule has 8 rings (SSSR count). The van der Waals surface area contributed by atoms with E-state index in [9.17, 15) is 9.59 Å². The van der Waals surface area contributed by atoms with Crippen molar-refractivity contribution >= 4 is 23.8 Å². The zero-order valence-electron chi connectivity index (χ0n) is 35.3. The van der Waals surface area contributed by atoms with Gasteiger partial charge in [-0.05, 0) is 137 Å². The average molecular weight is 839 g/mol. The molecule has 2 aliphatic rings. The Morgan fingerprint density at radius 3 is 1.60 bits per heavy atom. The number of aromatic nitrogens is 4. The first kappa shape index (κ1) is 44.8. The number of carbonyl (C=O) groups is 2. The molecule has 0 aliphatic carbocycles.